The highest BCUT2D eigenvalue weighted by Crippen LogP contribution is 2.33. The number of pyridine rings is 2. The number of halogens is 3. The number of piperazine rings is 1. The molecule has 0 aromatic carbocycles. The van der Waals surface area contributed by atoms with E-state index in [9.17, 15) is 18.0 Å². The fraction of sp³-hybridized carbons (Fsp3) is 0.455. The minimum absolute atomic E-state index is 0.0105. The van der Waals surface area contributed by atoms with Crippen molar-refractivity contribution < 1.29 is 18.0 Å². The fourth-order valence-electron chi connectivity index (χ4n) is 4.84. The number of hydrogen-bond acceptors (Lipinski definition) is 5. The molecule has 5 rings (SSSR count). The van der Waals surface area contributed by atoms with Crippen molar-refractivity contribution >= 4 is 17.4 Å². The molecule has 10 heteroatoms. The van der Waals surface area contributed by atoms with Gasteiger partial charge in [0, 0.05) is 31.2 Å². The van der Waals surface area contributed by atoms with Crippen LogP contribution in [-0.2, 0) is 17.4 Å². The molecular weight excluding hydrogens is 421 g/mol. The van der Waals surface area contributed by atoms with Crippen LogP contribution in [0.15, 0.2) is 42.7 Å². The van der Waals surface area contributed by atoms with Crippen LogP contribution in [0.5, 0.6) is 0 Å². The summed E-state index contributed by atoms with van der Waals surface area (Å²) in [5.41, 5.74) is 0.977. The van der Waals surface area contributed by atoms with E-state index in [1.165, 1.54) is 12.4 Å². The van der Waals surface area contributed by atoms with Crippen LogP contribution in [0.3, 0.4) is 0 Å². The fourth-order valence-corrected chi connectivity index (χ4v) is 4.84. The lowest BCUT2D eigenvalue weighted by atomic mass is 9.97. The van der Waals surface area contributed by atoms with Gasteiger partial charge >= 0.3 is 6.18 Å². The Morgan fingerprint density at radius 3 is 2.78 bits per heavy atom. The molecule has 32 heavy (non-hydrogen) atoms. The van der Waals surface area contributed by atoms with E-state index in [0.717, 1.165) is 43.1 Å². The molecule has 2 atom stereocenters. The first kappa shape index (κ1) is 20.7. The van der Waals surface area contributed by atoms with Crippen molar-refractivity contribution in [2.75, 3.05) is 24.5 Å². The van der Waals surface area contributed by atoms with Gasteiger partial charge in [-0.05, 0) is 49.9 Å². The zero-order valence-corrected chi connectivity index (χ0v) is 17.4. The molecule has 2 aliphatic rings. The number of aryl methyl sites for hydroxylation is 1. The average molecular weight is 444 g/mol. The van der Waals surface area contributed by atoms with Gasteiger partial charge in [0.2, 0.25) is 5.91 Å². The highest BCUT2D eigenvalue weighted by molar-refractivity contribution is 5.82. The Morgan fingerprint density at radius 1 is 1.09 bits per heavy atom. The molecule has 0 aliphatic carbocycles. The van der Waals surface area contributed by atoms with Crippen molar-refractivity contribution in [1.29, 1.82) is 0 Å². The summed E-state index contributed by atoms with van der Waals surface area (Å²) in [6, 6.07) is 9.85. The molecular formula is C22H23F3N6O. The Morgan fingerprint density at radius 2 is 1.94 bits per heavy atom. The van der Waals surface area contributed by atoms with Gasteiger partial charge in [-0.2, -0.15) is 18.3 Å². The molecule has 2 aliphatic heterocycles. The number of carbonyl (C=O) groups is 1. The lowest BCUT2D eigenvalue weighted by Crippen LogP contribution is -2.51. The van der Waals surface area contributed by atoms with Crippen molar-refractivity contribution in [3.8, 4) is 0 Å². The monoisotopic (exact) mass is 444 g/mol. The summed E-state index contributed by atoms with van der Waals surface area (Å²) >= 11 is 0. The highest BCUT2D eigenvalue weighted by atomic mass is 19.4. The average Bonchev–Trinajstić information content (AvgIpc) is 3.38. The smallest absolute Gasteiger partial charge is 0.353 e. The molecule has 2 fully saturated rings. The first-order valence-corrected chi connectivity index (χ1v) is 10.8. The predicted octanol–water partition coefficient (Wildman–Crippen LogP) is 3.20. The van der Waals surface area contributed by atoms with Gasteiger partial charge in [0.1, 0.15) is 17.8 Å². The Balaban J connectivity index is 1.21. The van der Waals surface area contributed by atoms with Gasteiger partial charge in [-0.1, -0.05) is 12.1 Å². The van der Waals surface area contributed by atoms with Gasteiger partial charge in [-0.3, -0.25) is 4.79 Å². The Labute approximate surface area is 182 Å². The number of carbonyl (C=O) groups excluding carboxylic acids is 1. The van der Waals surface area contributed by atoms with Crippen LogP contribution < -0.4 is 4.90 Å². The van der Waals surface area contributed by atoms with Gasteiger partial charge in [-0.15, -0.1) is 0 Å². The van der Waals surface area contributed by atoms with Crippen LogP contribution in [0.1, 0.15) is 30.7 Å². The maximum absolute atomic E-state index is 13.0. The molecule has 5 heterocycles. The van der Waals surface area contributed by atoms with Crippen LogP contribution in [0.25, 0.3) is 5.65 Å². The predicted molar refractivity (Wildman–Crippen MR) is 111 cm³/mol. The lowest BCUT2D eigenvalue weighted by molar-refractivity contribution is -0.141. The first-order valence-electron chi connectivity index (χ1n) is 10.8. The third-order valence-electron chi connectivity index (χ3n) is 6.39. The topological polar surface area (TPSA) is 66.6 Å². The molecule has 0 radical (unpaired) electrons. The second-order valence-corrected chi connectivity index (χ2v) is 8.38. The quantitative estimate of drug-likeness (QED) is 0.605. The van der Waals surface area contributed by atoms with E-state index in [1.807, 2.05) is 32.5 Å². The number of hydrogen-bond donors (Lipinski definition) is 0. The van der Waals surface area contributed by atoms with Gasteiger partial charge < -0.3 is 9.80 Å². The van der Waals surface area contributed by atoms with E-state index in [0.29, 0.717) is 25.5 Å². The molecule has 0 unspecified atom stereocenters. The van der Waals surface area contributed by atoms with Crippen LogP contribution >= 0.6 is 0 Å². The van der Waals surface area contributed by atoms with Crippen molar-refractivity contribution in [2.24, 2.45) is 5.92 Å². The van der Waals surface area contributed by atoms with E-state index in [4.69, 9.17) is 0 Å². The maximum atomic E-state index is 13.0. The van der Waals surface area contributed by atoms with Gasteiger partial charge in [0.15, 0.2) is 5.65 Å². The molecule has 0 bridgehead atoms. The summed E-state index contributed by atoms with van der Waals surface area (Å²) in [4.78, 5) is 24.7. The minimum atomic E-state index is -4.47. The van der Waals surface area contributed by atoms with Crippen molar-refractivity contribution in [3.05, 3.63) is 54.1 Å². The summed E-state index contributed by atoms with van der Waals surface area (Å²) < 4.78 is 40.9. The number of nitrogens with zero attached hydrogens (tertiary/aromatic N) is 6. The number of fused-ring (bicyclic) bond motifs is 2. The van der Waals surface area contributed by atoms with Crippen molar-refractivity contribution in [2.45, 2.75) is 37.9 Å². The first-order chi connectivity index (χ1) is 15.4. The third-order valence-corrected chi connectivity index (χ3v) is 6.39. The molecule has 3 aromatic rings. The van der Waals surface area contributed by atoms with E-state index >= 15 is 0 Å². The summed E-state index contributed by atoms with van der Waals surface area (Å²) in [5, 5.41) is 4.25. The number of anilines is 1. The Hall–Kier alpha value is -3.17. The standard InChI is InChI=1S/C22H23F3N6O/c23-22(24,25)18-7-3-9-20(28-18)29-10-11-30-17(13-29)12-15(21(30)32)4-1-5-16-6-2-8-19-26-14-27-31(16)19/h2-3,6-9,14-15,17H,1,4-5,10-13H2/t15-,17-/m0/s1. The zero-order chi connectivity index (χ0) is 22.3. The van der Waals surface area contributed by atoms with Crippen molar-refractivity contribution in [1.82, 2.24) is 24.5 Å². The minimum Gasteiger partial charge on any atom is -0.353 e. The molecule has 0 saturated carbocycles. The Kier molecular flexibility index (Phi) is 5.22. The van der Waals surface area contributed by atoms with Gasteiger partial charge in [0.05, 0.1) is 6.04 Å². The normalized spacial score (nSPS) is 21.4. The largest absolute Gasteiger partial charge is 0.433 e. The van der Waals surface area contributed by atoms with Crippen LogP contribution in [0.4, 0.5) is 19.0 Å². The summed E-state index contributed by atoms with van der Waals surface area (Å²) in [7, 11) is 0. The third kappa shape index (κ3) is 3.89. The highest BCUT2D eigenvalue weighted by Gasteiger charge is 2.42. The zero-order valence-electron chi connectivity index (χ0n) is 17.4. The van der Waals surface area contributed by atoms with E-state index in [-0.39, 0.29) is 17.9 Å². The summed E-state index contributed by atoms with van der Waals surface area (Å²) in [5.74, 6) is 0.422. The van der Waals surface area contributed by atoms with Gasteiger partial charge in [0.25, 0.3) is 0 Å². The van der Waals surface area contributed by atoms with E-state index in [2.05, 4.69) is 15.1 Å². The number of aromatic nitrogens is 4. The second-order valence-electron chi connectivity index (χ2n) is 8.38. The van der Waals surface area contributed by atoms with Crippen LogP contribution in [-0.4, -0.2) is 56.1 Å². The molecule has 1 amide bonds. The van der Waals surface area contributed by atoms with Crippen LogP contribution in [0, 0.1) is 5.92 Å². The van der Waals surface area contributed by atoms with Gasteiger partial charge in [-0.25, -0.2) is 14.5 Å². The van der Waals surface area contributed by atoms with Crippen LogP contribution in [0.2, 0.25) is 0 Å². The maximum Gasteiger partial charge on any atom is 0.433 e. The van der Waals surface area contributed by atoms with Crippen molar-refractivity contribution in [3.63, 3.8) is 0 Å². The molecule has 3 aromatic heterocycles. The van der Waals surface area contributed by atoms with E-state index in [1.54, 1.807) is 6.07 Å². The van der Waals surface area contributed by atoms with E-state index < -0.39 is 11.9 Å². The second kappa shape index (κ2) is 8.07. The number of rotatable bonds is 5. The SMILES string of the molecule is O=C1[C@@H](CCCc2cccc3ncnn23)C[C@H]2CN(c3cccc(C(F)(F)F)n3)CCN12. The summed E-state index contributed by atoms with van der Waals surface area (Å²) in [6.45, 7) is 1.50. The lowest BCUT2D eigenvalue weighted by Gasteiger charge is -2.38. The molecule has 7 nitrogen and oxygen atoms in total. The molecule has 0 N–H and O–H groups in total. The summed E-state index contributed by atoms with van der Waals surface area (Å²) in [6.07, 6.45) is 0.218. The molecule has 168 valence electrons. The molecule has 0 spiro atoms. The number of alkyl halides is 3. The Bertz CT molecular complexity index is 1130. The number of amides is 1. The molecule has 2 saturated heterocycles.